The lowest BCUT2D eigenvalue weighted by Crippen LogP contribution is -2.45. The van der Waals surface area contributed by atoms with Gasteiger partial charge < -0.3 is 25.6 Å². The summed E-state index contributed by atoms with van der Waals surface area (Å²) in [6, 6.07) is 18.2. The smallest absolute Gasteiger partial charge is 0.347 e. The molecule has 5 atom stereocenters. The zero-order valence-electron chi connectivity index (χ0n) is 25.3. The standard InChI is InChI=1S/C34H44N2O7/c1-23(2)20-30(43-33(40)25(4)22-36-32(39)28(35)21-27-14-9-6-10-15-27)34(41)42-29(16-11-17-31(37)38)24(3)18-19-26-12-7-5-8-13-26/h5-15,17-19,23-25,28-30H,16,20-22,35H2,1-4H3,(H,36,39)(H,37,38)/b17-11-,19-18+/t24-,25-,28-,29?,30+/m1/s1. The number of carboxylic acid groups (broad SMARTS) is 1. The zero-order chi connectivity index (χ0) is 31.8. The summed E-state index contributed by atoms with van der Waals surface area (Å²) in [4.78, 5) is 49.8. The van der Waals surface area contributed by atoms with Crippen molar-refractivity contribution in [1.29, 1.82) is 0 Å². The van der Waals surface area contributed by atoms with Gasteiger partial charge >= 0.3 is 17.9 Å². The molecule has 0 aliphatic carbocycles. The van der Waals surface area contributed by atoms with Crippen molar-refractivity contribution in [2.45, 2.75) is 65.2 Å². The molecule has 0 saturated heterocycles. The third-order valence-corrected chi connectivity index (χ3v) is 6.70. The Morgan fingerprint density at radius 1 is 0.907 bits per heavy atom. The molecule has 9 heteroatoms. The number of hydrogen-bond donors (Lipinski definition) is 3. The van der Waals surface area contributed by atoms with Gasteiger partial charge in [0.15, 0.2) is 6.10 Å². The molecule has 9 nitrogen and oxygen atoms in total. The highest BCUT2D eigenvalue weighted by molar-refractivity contribution is 5.83. The summed E-state index contributed by atoms with van der Waals surface area (Å²) in [7, 11) is 0. The zero-order valence-corrected chi connectivity index (χ0v) is 25.3. The van der Waals surface area contributed by atoms with Gasteiger partial charge in [0.25, 0.3) is 0 Å². The minimum absolute atomic E-state index is 0.00642. The van der Waals surface area contributed by atoms with Crippen LogP contribution in [0.2, 0.25) is 0 Å². The molecule has 2 rings (SSSR count). The van der Waals surface area contributed by atoms with Gasteiger partial charge in [-0.05, 0) is 29.9 Å². The molecule has 0 bridgehead atoms. The molecule has 0 aromatic heterocycles. The van der Waals surface area contributed by atoms with Crippen molar-refractivity contribution in [2.75, 3.05) is 6.54 Å². The van der Waals surface area contributed by atoms with E-state index in [4.69, 9.17) is 20.3 Å². The van der Waals surface area contributed by atoms with Gasteiger partial charge in [0.1, 0.15) is 6.10 Å². The number of aliphatic carboxylic acids is 1. The molecule has 43 heavy (non-hydrogen) atoms. The van der Waals surface area contributed by atoms with E-state index in [-0.39, 0.29) is 31.2 Å². The van der Waals surface area contributed by atoms with E-state index < -0.39 is 48.0 Å². The molecule has 0 saturated carbocycles. The molecule has 0 aliphatic heterocycles. The van der Waals surface area contributed by atoms with E-state index >= 15 is 0 Å². The van der Waals surface area contributed by atoms with Gasteiger partial charge in [-0.2, -0.15) is 0 Å². The summed E-state index contributed by atoms with van der Waals surface area (Å²) in [5.41, 5.74) is 7.92. The number of carboxylic acids is 1. The van der Waals surface area contributed by atoms with Crippen LogP contribution in [0.3, 0.4) is 0 Å². The summed E-state index contributed by atoms with van der Waals surface area (Å²) >= 11 is 0. The third-order valence-electron chi connectivity index (χ3n) is 6.70. The number of nitrogens with two attached hydrogens (primary N) is 1. The summed E-state index contributed by atoms with van der Waals surface area (Å²) in [6.45, 7) is 7.24. The van der Waals surface area contributed by atoms with E-state index in [2.05, 4.69) is 5.32 Å². The predicted octanol–water partition coefficient (Wildman–Crippen LogP) is 4.56. The van der Waals surface area contributed by atoms with Crippen LogP contribution in [0.1, 0.15) is 51.7 Å². The average molecular weight is 593 g/mol. The Balaban J connectivity index is 2.03. The highest BCUT2D eigenvalue weighted by Gasteiger charge is 2.31. The number of nitrogens with one attached hydrogen (secondary N) is 1. The van der Waals surface area contributed by atoms with Crippen molar-refractivity contribution >= 4 is 29.9 Å². The Kier molecular flexibility index (Phi) is 14.9. The van der Waals surface area contributed by atoms with E-state index in [1.807, 2.05) is 93.6 Å². The van der Waals surface area contributed by atoms with Crippen LogP contribution in [0, 0.1) is 17.8 Å². The fourth-order valence-electron chi connectivity index (χ4n) is 4.15. The summed E-state index contributed by atoms with van der Waals surface area (Å²) in [5.74, 6) is -3.86. The van der Waals surface area contributed by atoms with Gasteiger partial charge in [-0.25, -0.2) is 9.59 Å². The lowest BCUT2D eigenvalue weighted by Gasteiger charge is -2.26. The minimum Gasteiger partial charge on any atom is -0.478 e. The van der Waals surface area contributed by atoms with Gasteiger partial charge in [-0.15, -0.1) is 0 Å². The highest BCUT2D eigenvalue weighted by Crippen LogP contribution is 2.20. The second-order valence-electron chi connectivity index (χ2n) is 11.1. The maximum atomic E-state index is 13.3. The molecule has 1 amide bonds. The number of hydrogen-bond acceptors (Lipinski definition) is 7. The maximum absolute atomic E-state index is 13.3. The fraction of sp³-hybridized carbons (Fsp3) is 0.412. The second kappa shape index (κ2) is 18.3. The molecule has 0 spiro atoms. The van der Waals surface area contributed by atoms with E-state index in [1.165, 1.54) is 6.08 Å². The molecule has 4 N–H and O–H groups in total. The van der Waals surface area contributed by atoms with Crippen molar-refractivity contribution in [3.8, 4) is 0 Å². The van der Waals surface area contributed by atoms with Crippen molar-refractivity contribution in [3.05, 3.63) is 90.0 Å². The number of esters is 2. The van der Waals surface area contributed by atoms with Crippen molar-refractivity contribution < 1.29 is 33.8 Å². The Morgan fingerprint density at radius 3 is 2.14 bits per heavy atom. The third kappa shape index (κ3) is 13.5. The minimum atomic E-state index is -1.16. The molecule has 0 fully saturated rings. The molecule has 0 radical (unpaired) electrons. The first-order chi connectivity index (χ1) is 20.5. The predicted molar refractivity (Wildman–Crippen MR) is 166 cm³/mol. The first kappa shape index (κ1) is 35.0. The second-order valence-corrected chi connectivity index (χ2v) is 11.1. The van der Waals surface area contributed by atoms with E-state index in [0.717, 1.165) is 17.2 Å². The normalized spacial score (nSPS) is 15.0. The Labute approximate surface area is 254 Å². The van der Waals surface area contributed by atoms with Gasteiger partial charge in [-0.3, -0.25) is 9.59 Å². The Morgan fingerprint density at radius 2 is 1.53 bits per heavy atom. The van der Waals surface area contributed by atoms with Crippen LogP contribution >= 0.6 is 0 Å². The van der Waals surface area contributed by atoms with Crippen LogP contribution in [0.5, 0.6) is 0 Å². The van der Waals surface area contributed by atoms with Crippen LogP contribution in [0.15, 0.2) is 78.9 Å². The average Bonchev–Trinajstić information content (AvgIpc) is 2.98. The van der Waals surface area contributed by atoms with Crippen LogP contribution in [-0.4, -0.2) is 53.7 Å². The van der Waals surface area contributed by atoms with Gasteiger partial charge in [0.05, 0.1) is 12.0 Å². The summed E-state index contributed by atoms with van der Waals surface area (Å²) in [6.07, 6.45) is 5.12. The quantitative estimate of drug-likeness (QED) is 0.179. The molecule has 0 heterocycles. The molecule has 1 unspecified atom stereocenters. The van der Waals surface area contributed by atoms with Crippen molar-refractivity contribution in [3.63, 3.8) is 0 Å². The van der Waals surface area contributed by atoms with E-state index in [9.17, 15) is 19.2 Å². The van der Waals surface area contributed by atoms with Crippen LogP contribution in [-0.2, 0) is 35.1 Å². The number of amides is 1. The largest absolute Gasteiger partial charge is 0.478 e. The van der Waals surface area contributed by atoms with Gasteiger partial charge in [-0.1, -0.05) is 107 Å². The maximum Gasteiger partial charge on any atom is 0.347 e. The molecule has 232 valence electrons. The summed E-state index contributed by atoms with van der Waals surface area (Å²) < 4.78 is 11.4. The lowest BCUT2D eigenvalue weighted by atomic mass is 9.99. The van der Waals surface area contributed by atoms with Crippen molar-refractivity contribution in [2.24, 2.45) is 23.5 Å². The number of rotatable bonds is 17. The van der Waals surface area contributed by atoms with Gasteiger partial charge in [0, 0.05) is 25.0 Å². The first-order valence-corrected chi connectivity index (χ1v) is 14.6. The molecular formula is C34H44N2O7. The molecule has 2 aromatic carbocycles. The van der Waals surface area contributed by atoms with Gasteiger partial charge in [0.2, 0.25) is 5.91 Å². The van der Waals surface area contributed by atoms with E-state index in [0.29, 0.717) is 6.42 Å². The molecule has 2 aromatic rings. The van der Waals surface area contributed by atoms with Crippen molar-refractivity contribution in [1.82, 2.24) is 5.32 Å². The highest BCUT2D eigenvalue weighted by atomic mass is 16.6. The van der Waals surface area contributed by atoms with E-state index in [1.54, 1.807) is 6.92 Å². The number of ether oxygens (including phenoxy) is 2. The SMILES string of the molecule is CC(C)C[C@H](OC(=O)[C@H](C)CNC(=O)[C@H](N)Cc1ccccc1)C(=O)OC(C/C=C\C(=O)O)[C@H](C)/C=C/c1ccccc1. The lowest BCUT2D eigenvalue weighted by molar-refractivity contribution is -0.175. The molecule has 0 aliphatic rings. The van der Waals surface area contributed by atoms with Crippen LogP contribution < -0.4 is 11.1 Å². The van der Waals surface area contributed by atoms with Crippen LogP contribution in [0.4, 0.5) is 0 Å². The topological polar surface area (TPSA) is 145 Å². The first-order valence-electron chi connectivity index (χ1n) is 14.6. The molecular weight excluding hydrogens is 548 g/mol. The Bertz CT molecular complexity index is 1230. The number of carbonyl (C=O) groups excluding carboxylic acids is 3. The number of benzene rings is 2. The van der Waals surface area contributed by atoms with Crippen LogP contribution in [0.25, 0.3) is 6.08 Å². The summed E-state index contributed by atoms with van der Waals surface area (Å²) in [5, 5.41) is 11.7. The fourth-order valence-corrected chi connectivity index (χ4v) is 4.15. The Hall–Kier alpha value is -4.24. The number of carbonyl (C=O) groups is 4. The monoisotopic (exact) mass is 592 g/mol.